The highest BCUT2D eigenvalue weighted by atomic mass is 31.1. The van der Waals surface area contributed by atoms with Gasteiger partial charge in [-0.2, -0.15) is 0 Å². The summed E-state index contributed by atoms with van der Waals surface area (Å²) in [5.41, 5.74) is 2.32. The van der Waals surface area contributed by atoms with Crippen LogP contribution in [-0.2, 0) is 5.67 Å². The molecule has 1 nitrogen and oxygen atoms in total. The number of nitrogens with zero attached hydrogens (tertiary/aromatic N) is 1. The maximum atomic E-state index is 14.2. The van der Waals surface area contributed by atoms with Crippen molar-refractivity contribution in [2.75, 3.05) is 6.16 Å². The molecule has 146 valence electrons. The van der Waals surface area contributed by atoms with Crippen molar-refractivity contribution < 1.29 is 4.39 Å². The van der Waals surface area contributed by atoms with Crippen molar-refractivity contribution in [1.29, 1.82) is 0 Å². The fourth-order valence-corrected chi connectivity index (χ4v) is 4.15. The molecule has 3 heteroatoms. The SMILES string of the molecule is C=C(PCCCCCCCC)c1ccc(-c2cc(C(C)(C)F)ccn2)cc1. The van der Waals surface area contributed by atoms with E-state index in [4.69, 9.17) is 0 Å². The number of unbranched alkanes of at least 4 members (excludes halogenated alkanes) is 5. The number of hydrogen-bond donors (Lipinski definition) is 0. The Morgan fingerprint density at radius 3 is 2.37 bits per heavy atom. The Balaban J connectivity index is 1.88. The second kappa shape index (κ2) is 10.7. The molecule has 0 aliphatic rings. The molecule has 0 spiro atoms. The summed E-state index contributed by atoms with van der Waals surface area (Å²) in [6.07, 6.45) is 11.0. The Bertz CT molecular complexity index is 716. The van der Waals surface area contributed by atoms with Crippen LogP contribution < -0.4 is 0 Å². The number of alkyl halides is 1. The molecule has 0 fully saturated rings. The van der Waals surface area contributed by atoms with Gasteiger partial charge in [0.25, 0.3) is 0 Å². The molecule has 1 aromatic heterocycles. The van der Waals surface area contributed by atoms with Crippen LogP contribution in [0.3, 0.4) is 0 Å². The lowest BCUT2D eigenvalue weighted by molar-refractivity contribution is 0.221. The molecule has 0 saturated carbocycles. The summed E-state index contributed by atoms with van der Waals surface area (Å²) in [5, 5.41) is 1.22. The van der Waals surface area contributed by atoms with Gasteiger partial charge in [0.2, 0.25) is 0 Å². The number of halogens is 1. The van der Waals surface area contributed by atoms with Gasteiger partial charge in [0.1, 0.15) is 5.67 Å². The van der Waals surface area contributed by atoms with Crippen molar-refractivity contribution in [2.45, 2.75) is 65.0 Å². The fourth-order valence-electron chi connectivity index (χ4n) is 3.05. The molecule has 0 amide bonds. The highest BCUT2D eigenvalue weighted by Crippen LogP contribution is 2.34. The van der Waals surface area contributed by atoms with E-state index < -0.39 is 5.67 Å². The lowest BCUT2D eigenvalue weighted by Crippen LogP contribution is -2.09. The van der Waals surface area contributed by atoms with Gasteiger partial charge in [-0.15, -0.1) is 0 Å². The van der Waals surface area contributed by atoms with Crippen LogP contribution in [-0.4, -0.2) is 11.1 Å². The van der Waals surface area contributed by atoms with Crippen molar-refractivity contribution in [3.8, 4) is 11.3 Å². The number of aromatic nitrogens is 1. The second-order valence-corrected chi connectivity index (χ2v) is 9.11. The zero-order valence-corrected chi connectivity index (χ0v) is 18.0. The smallest absolute Gasteiger partial charge is 0.130 e. The summed E-state index contributed by atoms with van der Waals surface area (Å²) in [6, 6.07) is 11.9. The van der Waals surface area contributed by atoms with Gasteiger partial charge in [0.15, 0.2) is 0 Å². The average molecular weight is 386 g/mol. The molecule has 1 atom stereocenters. The van der Waals surface area contributed by atoms with Gasteiger partial charge in [0, 0.05) is 11.8 Å². The van der Waals surface area contributed by atoms with Gasteiger partial charge < -0.3 is 0 Å². The number of benzene rings is 1. The second-order valence-electron chi connectivity index (χ2n) is 7.65. The first-order chi connectivity index (χ1) is 12.9. The first-order valence-corrected chi connectivity index (χ1v) is 11.3. The van der Waals surface area contributed by atoms with Crippen LogP contribution in [0.1, 0.15) is 70.4 Å². The Kier molecular flexibility index (Phi) is 8.64. The summed E-state index contributed by atoms with van der Waals surface area (Å²) in [4.78, 5) is 4.40. The molecule has 0 aliphatic heterocycles. The molecule has 0 radical (unpaired) electrons. The van der Waals surface area contributed by atoms with E-state index in [2.05, 4.69) is 42.8 Å². The minimum absolute atomic E-state index is 0.654. The van der Waals surface area contributed by atoms with Crippen LogP contribution in [0.25, 0.3) is 16.6 Å². The summed E-state index contributed by atoms with van der Waals surface area (Å²) in [6.45, 7) is 9.67. The lowest BCUT2D eigenvalue weighted by Gasteiger charge is -2.15. The average Bonchev–Trinajstić information content (AvgIpc) is 2.67. The van der Waals surface area contributed by atoms with Crippen molar-refractivity contribution >= 4 is 13.9 Å². The monoisotopic (exact) mass is 385 g/mol. The van der Waals surface area contributed by atoms with Crippen molar-refractivity contribution in [1.82, 2.24) is 4.98 Å². The van der Waals surface area contributed by atoms with Gasteiger partial charge in [-0.25, -0.2) is 4.39 Å². The van der Waals surface area contributed by atoms with E-state index in [9.17, 15) is 4.39 Å². The fraction of sp³-hybridized carbons (Fsp3) is 0.458. The minimum atomic E-state index is -1.36. The van der Waals surface area contributed by atoms with Crippen LogP contribution in [0.2, 0.25) is 0 Å². The van der Waals surface area contributed by atoms with E-state index in [0.717, 1.165) is 19.8 Å². The van der Waals surface area contributed by atoms with Gasteiger partial charge in [-0.05, 0) is 55.0 Å². The molecular formula is C24H33FNP. The summed E-state index contributed by atoms with van der Waals surface area (Å²) in [5.74, 6) is 0. The van der Waals surface area contributed by atoms with E-state index in [1.54, 1.807) is 26.1 Å². The van der Waals surface area contributed by atoms with Crippen LogP contribution in [0, 0.1) is 0 Å². The standard InChI is InChI=1S/C24H33FNP/c1-5-6-7-8-9-10-17-27-19(2)20-11-13-21(14-12-20)23-18-22(15-16-26-23)24(3,4)25/h11-16,18,27H,2,5-10,17H2,1,3-4H3. The van der Waals surface area contributed by atoms with Gasteiger partial charge in [0.05, 0.1) is 5.69 Å². The van der Waals surface area contributed by atoms with Crippen molar-refractivity contribution in [3.63, 3.8) is 0 Å². The molecule has 0 aliphatic carbocycles. The number of pyridine rings is 1. The molecule has 2 rings (SSSR count). The van der Waals surface area contributed by atoms with E-state index in [0.29, 0.717) is 5.56 Å². The summed E-state index contributed by atoms with van der Waals surface area (Å²) < 4.78 is 14.2. The third-order valence-electron chi connectivity index (χ3n) is 4.84. The zero-order chi connectivity index (χ0) is 19.7. The predicted octanol–water partition coefficient (Wildman–Crippen LogP) is 7.96. The Labute approximate surface area is 166 Å². The molecule has 2 aromatic rings. The number of rotatable bonds is 11. The highest BCUT2D eigenvalue weighted by molar-refractivity contribution is 7.50. The van der Waals surface area contributed by atoms with E-state index >= 15 is 0 Å². The van der Waals surface area contributed by atoms with Crippen LogP contribution in [0.15, 0.2) is 49.2 Å². The van der Waals surface area contributed by atoms with E-state index in [1.165, 1.54) is 55.6 Å². The predicted molar refractivity (Wildman–Crippen MR) is 119 cm³/mol. The quantitative estimate of drug-likeness (QED) is 0.282. The molecule has 1 unspecified atom stereocenters. The van der Waals surface area contributed by atoms with Crippen LogP contribution in [0.4, 0.5) is 4.39 Å². The Morgan fingerprint density at radius 1 is 1.04 bits per heavy atom. The number of hydrogen-bond acceptors (Lipinski definition) is 1. The van der Waals surface area contributed by atoms with Crippen molar-refractivity contribution in [3.05, 3.63) is 60.3 Å². The van der Waals surface area contributed by atoms with Crippen molar-refractivity contribution in [2.24, 2.45) is 0 Å². The largest absolute Gasteiger partial charge is 0.256 e. The molecule has 0 N–H and O–H groups in total. The lowest BCUT2D eigenvalue weighted by atomic mass is 9.99. The third kappa shape index (κ3) is 7.18. The molecule has 0 saturated heterocycles. The maximum absolute atomic E-state index is 14.2. The topological polar surface area (TPSA) is 12.9 Å². The summed E-state index contributed by atoms with van der Waals surface area (Å²) in [7, 11) is 0.790. The van der Waals surface area contributed by atoms with Gasteiger partial charge in [-0.3, -0.25) is 4.98 Å². The Hall–Kier alpha value is -1.53. The molecule has 1 heterocycles. The van der Waals surface area contributed by atoms with E-state index in [1.807, 2.05) is 6.07 Å². The molecular weight excluding hydrogens is 352 g/mol. The zero-order valence-electron chi connectivity index (χ0n) is 17.0. The van der Waals surface area contributed by atoms with E-state index in [-0.39, 0.29) is 0 Å². The van der Waals surface area contributed by atoms with Gasteiger partial charge in [-0.1, -0.05) is 78.5 Å². The highest BCUT2D eigenvalue weighted by Gasteiger charge is 2.19. The minimum Gasteiger partial charge on any atom is -0.256 e. The molecule has 0 bridgehead atoms. The van der Waals surface area contributed by atoms with Crippen LogP contribution >= 0.6 is 8.58 Å². The maximum Gasteiger partial charge on any atom is 0.130 e. The first-order valence-electron chi connectivity index (χ1n) is 10.1. The molecule has 1 aromatic carbocycles. The summed E-state index contributed by atoms with van der Waals surface area (Å²) >= 11 is 0. The third-order valence-corrected chi connectivity index (χ3v) is 6.16. The van der Waals surface area contributed by atoms with Gasteiger partial charge >= 0.3 is 0 Å². The normalized spacial score (nSPS) is 12.0. The Morgan fingerprint density at radius 2 is 1.70 bits per heavy atom. The van der Waals surface area contributed by atoms with Crippen LogP contribution in [0.5, 0.6) is 0 Å². The first kappa shape index (κ1) is 21.8. The molecule has 27 heavy (non-hydrogen) atoms.